The third-order valence-corrected chi connectivity index (χ3v) is 2.98. The van der Waals surface area contributed by atoms with Crippen molar-refractivity contribution >= 4 is 17.6 Å². The number of carbonyl (C=O) groups is 1. The topological polar surface area (TPSA) is 55.8 Å². The van der Waals surface area contributed by atoms with Crippen molar-refractivity contribution in [3.05, 3.63) is 22.7 Å². The lowest BCUT2D eigenvalue weighted by Crippen LogP contribution is -2.28. The van der Waals surface area contributed by atoms with Crippen LogP contribution in [0.2, 0.25) is 5.02 Å². The molecule has 86 valence electrons. The molecule has 0 unspecified atom stereocenters. The highest BCUT2D eigenvalue weighted by Gasteiger charge is 2.33. The fourth-order valence-electron chi connectivity index (χ4n) is 1.51. The molecule has 4 nitrogen and oxygen atoms in total. The number of aliphatic carboxylic acids is 1. The first-order valence-corrected chi connectivity index (χ1v) is 5.13. The molecule has 0 atom stereocenters. The number of rotatable bonds is 2. The number of carboxylic acids is 1. The highest BCUT2D eigenvalue weighted by atomic mass is 35.5. The molecule has 0 aliphatic carbocycles. The quantitative estimate of drug-likeness (QED) is 0.865. The summed E-state index contributed by atoms with van der Waals surface area (Å²) in [5, 5.41) is 9.51. The van der Waals surface area contributed by atoms with Gasteiger partial charge in [0, 0.05) is 11.1 Å². The Morgan fingerprint density at radius 3 is 2.50 bits per heavy atom. The Hall–Kier alpha value is -1.42. The van der Waals surface area contributed by atoms with E-state index in [4.69, 9.17) is 26.2 Å². The fourth-order valence-corrected chi connectivity index (χ4v) is 1.90. The summed E-state index contributed by atoms with van der Waals surface area (Å²) in [6.45, 7) is 3.33. The molecule has 1 aliphatic rings. The molecule has 0 aromatic heterocycles. The van der Waals surface area contributed by atoms with Gasteiger partial charge in [-0.2, -0.15) is 0 Å². The molecule has 0 spiro atoms. The van der Waals surface area contributed by atoms with Crippen LogP contribution in [0, 0.1) is 0 Å². The van der Waals surface area contributed by atoms with E-state index in [2.05, 4.69) is 0 Å². The number of carboxylic acid groups (broad SMARTS) is 1. The second kappa shape index (κ2) is 3.56. The Kier molecular flexibility index (Phi) is 2.46. The molecule has 0 radical (unpaired) electrons. The summed E-state index contributed by atoms with van der Waals surface area (Å²) >= 11 is 6.04. The van der Waals surface area contributed by atoms with Gasteiger partial charge in [0.2, 0.25) is 6.79 Å². The number of hydrogen-bond donors (Lipinski definition) is 1. The predicted molar refractivity (Wildman–Crippen MR) is 58.2 cm³/mol. The largest absolute Gasteiger partial charge is 0.481 e. The maximum Gasteiger partial charge on any atom is 0.313 e. The van der Waals surface area contributed by atoms with Crippen LogP contribution in [-0.4, -0.2) is 17.9 Å². The van der Waals surface area contributed by atoms with Crippen LogP contribution in [0.5, 0.6) is 11.5 Å². The van der Waals surface area contributed by atoms with Gasteiger partial charge < -0.3 is 14.6 Å². The second-order valence-electron chi connectivity index (χ2n) is 4.12. The first-order chi connectivity index (χ1) is 7.43. The summed E-state index contributed by atoms with van der Waals surface area (Å²) in [4.78, 5) is 11.1. The predicted octanol–water partition coefficient (Wildman–Crippen LogP) is 2.43. The molecule has 1 aliphatic heterocycles. The monoisotopic (exact) mass is 242 g/mol. The van der Waals surface area contributed by atoms with Gasteiger partial charge in [-0.15, -0.1) is 0 Å². The van der Waals surface area contributed by atoms with Crippen molar-refractivity contribution in [1.82, 2.24) is 0 Å². The maximum atomic E-state index is 11.1. The zero-order valence-electron chi connectivity index (χ0n) is 8.91. The lowest BCUT2D eigenvalue weighted by atomic mass is 9.84. The molecular formula is C11H11ClO4. The van der Waals surface area contributed by atoms with E-state index >= 15 is 0 Å². The standard InChI is InChI=1S/C11H11ClO4/c1-11(2,10(13)14)6-3-8-9(4-7(6)12)16-5-15-8/h3-4H,5H2,1-2H3,(H,13,14). The van der Waals surface area contributed by atoms with Gasteiger partial charge >= 0.3 is 5.97 Å². The van der Waals surface area contributed by atoms with Crippen LogP contribution in [0.4, 0.5) is 0 Å². The highest BCUT2D eigenvalue weighted by Crippen LogP contribution is 2.41. The van der Waals surface area contributed by atoms with Gasteiger partial charge in [0.25, 0.3) is 0 Å². The van der Waals surface area contributed by atoms with Crippen molar-refractivity contribution in [3.63, 3.8) is 0 Å². The van der Waals surface area contributed by atoms with Gasteiger partial charge in [-0.05, 0) is 25.5 Å². The van der Waals surface area contributed by atoms with E-state index in [1.54, 1.807) is 26.0 Å². The Morgan fingerprint density at radius 1 is 1.38 bits per heavy atom. The van der Waals surface area contributed by atoms with Gasteiger partial charge in [-0.3, -0.25) is 4.79 Å². The van der Waals surface area contributed by atoms with Gasteiger partial charge in [0.1, 0.15) is 0 Å². The molecule has 0 fully saturated rings. The van der Waals surface area contributed by atoms with Gasteiger partial charge in [-0.25, -0.2) is 0 Å². The molecule has 1 aromatic rings. The van der Waals surface area contributed by atoms with Gasteiger partial charge in [0.05, 0.1) is 5.41 Å². The molecule has 1 heterocycles. The fraction of sp³-hybridized carbons (Fsp3) is 0.364. The van der Waals surface area contributed by atoms with Crippen molar-refractivity contribution in [2.24, 2.45) is 0 Å². The summed E-state index contributed by atoms with van der Waals surface area (Å²) in [7, 11) is 0. The van der Waals surface area contributed by atoms with Crippen LogP contribution in [0.1, 0.15) is 19.4 Å². The summed E-state index contributed by atoms with van der Waals surface area (Å²) in [6.07, 6.45) is 0. The SMILES string of the molecule is CC(C)(C(=O)O)c1cc2c(cc1Cl)OCO2. The van der Waals surface area contributed by atoms with Crippen LogP contribution in [-0.2, 0) is 10.2 Å². The minimum atomic E-state index is -1.06. The third-order valence-electron chi connectivity index (χ3n) is 2.67. The minimum absolute atomic E-state index is 0.141. The Bertz CT molecular complexity index is 454. The Morgan fingerprint density at radius 2 is 1.94 bits per heavy atom. The van der Waals surface area contributed by atoms with E-state index < -0.39 is 11.4 Å². The van der Waals surface area contributed by atoms with Gasteiger partial charge in [-0.1, -0.05) is 11.6 Å². The minimum Gasteiger partial charge on any atom is -0.481 e. The van der Waals surface area contributed by atoms with E-state index in [0.717, 1.165) is 0 Å². The van der Waals surface area contributed by atoms with Crippen LogP contribution >= 0.6 is 11.6 Å². The molecule has 1 N–H and O–H groups in total. The molecule has 0 amide bonds. The molecule has 0 bridgehead atoms. The lowest BCUT2D eigenvalue weighted by molar-refractivity contribution is -0.142. The summed E-state index contributed by atoms with van der Waals surface area (Å²) in [5.41, 5.74) is -0.538. The highest BCUT2D eigenvalue weighted by molar-refractivity contribution is 6.32. The number of benzene rings is 1. The zero-order chi connectivity index (χ0) is 11.9. The molecule has 1 aromatic carbocycles. The van der Waals surface area contributed by atoms with Crippen LogP contribution in [0.15, 0.2) is 12.1 Å². The van der Waals surface area contributed by atoms with Gasteiger partial charge in [0.15, 0.2) is 11.5 Å². The molecule has 2 rings (SSSR count). The van der Waals surface area contributed by atoms with Crippen LogP contribution in [0.3, 0.4) is 0 Å². The summed E-state index contributed by atoms with van der Waals surface area (Å²) in [5.74, 6) is 0.150. The van der Waals surface area contributed by atoms with E-state index in [9.17, 15) is 4.79 Å². The third kappa shape index (κ3) is 1.59. The van der Waals surface area contributed by atoms with E-state index in [-0.39, 0.29) is 6.79 Å². The average molecular weight is 243 g/mol. The summed E-state index contributed by atoms with van der Waals surface area (Å²) in [6, 6.07) is 3.21. The Balaban J connectivity index is 2.54. The van der Waals surface area contributed by atoms with E-state index in [1.165, 1.54) is 0 Å². The van der Waals surface area contributed by atoms with Crippen molar-refractivity contribution in [2.75, 3.05) is 6.79 Å². The molecule has 0 saturated heterocycles. The zero-order valence-corrected chi connectivity index (χ0v) is 9.67. The van der Waals surface area contributed by atoms with Crippen molar-refractivity contribution < 1.29 is 19.4 Å². The molecular weight excluding hydrogens is 232 g/mol. The molecule has 16 heavy (non-hydrogen) atoms. The van der Waals surface area contributed by atoms with Crippen LogP contribution in [0.25, 0.3) is 0 Å². The number of ether oxygens (including phenoxy) is 2. The van der Waals surface area contributed by atoms with Crippen molar-refractivity contribution in [3.8, 4) is 11.5 Å². The maximum absolute atomic E-state index is 11.1. The molecule has 0 saturated carbocycles. The van der Waals surface area contributed by atoms with Crippen molar-refractivity contribution in [2.45, 2.75) is 19.3 Å². The normalized spacial score (nSPS) is 13.9. The van der Waals surface area contributed by atoms with E-state index in [1.807, 2.05) is 0 Å². The first-order valence-electron chi connectivity index (χ1n) is 4.76. The first kappa shape index (κ1) is 11.1. The second-order valence-corrected chi connectivity index (χ2v) is 4.52. The van der Waals surface area contributed by atoms with Crippen LogP contribution < -0.4 is 9.47 Å². The number of halogens is 1. The van der Waals surface area contributed by atoms with E-state index in [0.29, 0.717) is 22.1 Å². The number of hydrogen-bond acceptors (Lipinski definition) is 3. The Labute approximate surface area is 97.7 Å². The smallest absolute Gasteiger partial charge is 0.313 e. The average Bonchev–Trinajstić information content (AvgIpc) is 2.62. The summed E-state index contributed by atoms with van der Waals surface area (Å²) < 4.78 is 10.3. The van der Waals surface area contributed by atoms with Crippen molar-refractivity contribution in [1.29, 1.82) is 0 Å². The lowest BCUT2D eigenvalue weighted by Gasteiger charge is -2.21. The molecule has 5 heteroatoms. The number of fused-ring (bicyclic) bond motifs is 1.